The van der Waals surface area contributed by atoms with Crippen molar-refractivity contribution in [1.29, 1.82) is 0 Å². The maximum absolute atomic E-state index is 12.1. The highest BCUT2D eigenvalue weighted by molar-refractivity contribution is 5.30. The van der Waals surface area contributed by atoms with Gasteiger partial charge in [0.15, 0.2) is 0 Å². The smallest absolute Gasteiger partial charge is 0.406 e. The Morgan fingerprint density at radius 1 is 1.21 bits per heavy atom. The third-order valence-corrected chi connectivity index (χ3v) is 2.15. The zero-order valence-electron chi connectivity index (χ0n) is 11.0. The number of halogens is 3. The number of aliphatic hydroxyl groups excluding tert-OH is 1. The normalized spacial score (nSPS) is 14.3. The number of ether oxygens (including phenoxy) is 2. The summed E-state index contributed by atoms with van der Waals surface area (Å²) in [4.78, 5) is 0. The van der Waals surface area contributed by atoms with Crippen molar-refractivity contribution in [1.82, 2.24) is 0 Å². The maximum Gasteiger partial charge on any atom is 0.573 e. The van der Waals surface area contributed by atoms with Gasteiger partial charge in [-0.3, -0.25) is 0 Å². The van der Waals surface area contributed by atoms with E-state index in [9.17, 15) is 18.3 Å². The van der Waals surface area contributed by atoms with E-state index < -0.39 is 18.1 Å². The summed E-state index contributed by atoms with van der Waals surface area (Å²) in [7, 11) is 0. The van der Waals surface area contributed by atoms with Gasteiger partial charge >= 0.3 is 6.36 Å². The van der Waals surface area contributed by atoms with Gasteiger partial charge in [-0.1, -0.05) is 12.1 Å². The molecule has 0 aromatic heterocycles. The largest absolute Gasteiger partial charge is 0.573 e. The Morgan fingerprint density at radius 2 is 1.84 bits per heavy atom. The highest BCUT2D eigenvalue weighted by Gasteiger charge is 2.31. The van der Waals surface area contributed by atoms with Crippen molar-refractivity contribution in [2.75, 3.05) is 6.61 Å². The van der Waals surface area contributed by atoms with Crippen LogP contribution in [0.5, 0.6) is 5.75 Å². The number of rotatable bonds is 4. The first-order valence-electron chi connectivity index (χ1n) is 5.74. The average Bonchev–Trinajstić information content (AvgIpc) is 2.23. The lowest BCUT2D eigenvalue weighted by Gasteiger charge is -2.22. The lowest BCUT2D eigenvalue weighted by Crippen LogP contribution is -2.23. The van der Waals surface area contributed by atoms with Crippen molar-refractivity contribution >= 4 is 0 Å². The fourth-order valence-electron chi connectivity index (χ4n) is 1.34. The summed E-state index contributed by atoms with van der Waals surface area (Å²) in [5, 5.41) is 9.84. The molecule has 19 heavy (non-hydrogen) atoms. The van der Waals surface area contributed by atoms with Gasteiger partial charge in [-0.2, -0.15) is 0 Å². The molecule has 0 radical (unpaired) electrons. The Labute approximate surface area is 110 Å². The zero-order chi connectivity index (χ0) is 14.7. The van der Waals surface area contributed by atoms with E-state index in [2.05, 4.69) is 4.74 Å². The van der Waals surface area contributed by atoms with Crippen LogP contribution in [0, 0.1) is 0 Å². The molecule has 3 nitrogen and oxygen atoms in total. The van der Waals surface area contributed by atoms with Crippen LogP contribution in [0.15, 0.2) is 24.3 Å². The summed E-state index contributed by atoms with van der Waals surface area (Å²) in [5.74, 6) is -0.361. The van der Waals surface area contributed by atoms with Crippen molar-refractivity contribution in [3.63, 3.8) is 0 Å². The molecule has 0 spiro atoms. The van der Waals surface area contributed by atoms with Crippen LogP contribution in [-0.2, 0) is 4.74 Å². The quantitative estimate of drug-likeness (QED) is 0.917. The van der Waals surface area contributed by atoms with Gasteiger partial charge in [0.25, 0.3) is 0 Å². The molecule has 1 aromatic rings. The molecular formula is C13H17F3O3. The molecule has 0 amide bonds. The van der Waals surface area contributed by atoms with Gasteiger partial charge in [0.1, 0.15) is 11.9 Å². The molecule has 0 aliphatic heterocycles. The van der Waals surface area contributed by atoms with Gasteiger partial charge in [0.05, 0.1) is 12.2 Å². The molecule has 0 fully saturated rings. The second-order valence-electron chi connectivity index (χ2n) is 5.06. The van der Waals surface area contributed by atoms with E-state index >= 15 is 0 Å². The van der Waals surface area contributed by atoms with Crippen molar-refractivity contribution in [3.8, 4) is 5.75 Å². The third kappa shape index (κ3) is 6.45. The Morgan fingerprint density at radius 3 is 2.37 bits per heavy atom. The Kier molecular flexibility index (Phi) is 4.81. The van der Waals surface area contributed by atoms with Gasteiger partial charge < -0.3 is 14.6 Å². The minimum Gasteiger partial charge on any atom is -0.406 e. The van der Waals surface area contributed by atoms with Gasteiger partial charge in [-0.15, -0.1) is 13.2 Å². The summed E-state index contributed by atoms with van der Waals surface area (Å²) in [5.41, 5.74) is -0.118. The van der Waals surface area contributed by atoms with Crippen molar-refractivity contribution in [3.05, 3.63) is 29.8 Å². The molecule has 108 valence electrons. The minimum absolute atomic E-state index is 0.00102. The standard InChI is InChI=1S/C13H17F3O3/c1-12(2,3)18-8-11(17)9-5-4-6-10(7-9)19-13(14,15)16/h4-7,11,17H,8H2,1-3H3. The van der Waals surface area contributed by atoms with E-state index in [1.54, 1.807) is 0 Å². The lowest BCUT2D eigenvalue weighted by atomic mass is 10.1. The first kappa shape index (κ1) is 15.8. The van der Waals surface area contributed by atoms with Crippen molar-refractivity contribution < 1.29 is 27.8 Å². The highest BCUT2D eigenvalue weighted by Crippen LogP contribution is 2.26. The molecule has 1 atom stereocenters. The van der Waals surface area contributed by atoms with E-state index in [-0.39, 0.29) is 12.4 Å². The summed E-state index contributed by atoms with van der Waals surface area (Å²) >= 11 is 0. The summed E-state index contributed by atoms with van der Waals surface area (Å²) in [6, 6.07) is 5.22. The molecule has 1 rings (SSSR count). The topological polar surface area (TPSA) is 38.7 Å². The van der Waals surface area contributed by atoms with Crippen LogP contribution in [0.25, 0.3) is 0 Å². The van der Waals surface area contributed by atoms with Crippen LogP contribution < -0.4 is 4.74 Å². The molecule has 0 heterocycles. The summed E-state index contributed by atoms with van der Waals surface area (Å²) in [6.07, 6.45) is -5.75. The van der Waals surface area contributed by atoms with Gasteiger partial charge in [0, 0.05) is 0 Å². The second-order valence-corrected chi connectivity index (χ2v) is 5.06. The molecule has 1 N–H and O–H groups in total. The summed E-state index contributed by atoms with van der Waals surface area (Å²) in [6.45, 7) is 5.47. The predicted molar refractivity (Wildman–Crippen MR) is 63.8 cm³/mol. The van der Waals surface area contributed by atoms with Crippen LogP contribution in [0.2, 0.25) is 0 Å². The van der Waals surface area contributed by atoms with E-state index in [1.807, 2.05) is 20.8 Å². The molecule has 1 aromatic carbocycles. The van der Waals surface area contributed by atoms with Gasteiger partial charge in [-0.05, 0) is 38.5 Å². The lowest BCUT2D eigenvalue weighted by molar-refractivity contribution is -0.274. The highest BCUT2D eigenvalue weighted by atomic mass is 19.4. The first-order chi connectivity index (χ1) is 8.57. The predicted octanol–water partition coefficient (Wildman–Crippen LogP) is 3.43. The van der Waals surface area contributed by atoms with E-state index in [4.69, 9.17) is 4.74 Å². The Hall–Kier alpha value is -1.27. The summed E-state index contributed by atoms with van der Waals surface area (Å²) < 4.78 is 45.4. The van der Waals surface area contributed by atoms with E-state index in [0.717, 1.165) is 6.07 Å². The number of hydrogen-bond donors (Lipinski definition) is 1. The van der Waals surface area contributed by atoms with E-state index in [1.165, 1.54) is 18.2 Å². The number of alkyl halides is 3. The molecule has 0 aliphatic rings. The fraction of sp³-hybridized carbons (Fsp3) is 0.538. The third-order valence-electron chi connectivity index (χ3n) is 2.15. The SMILES string of the molecule is CC(C)(C)OCC(O)c1cccc(OC(F)(F)F)c1. The van der Waals surface area contributed by atoms with Crippen LogP contribution in [0.3, 0.4) is 0 Å². The zero-order valence-corrected chi connectivity index (χ0v) is 11.0. The van der Waals surface area contributed by atoms with Crippen LogP contribution in [-0.4, -0.2) is 23.7 Å². The average molecular weight is 278 g/mol. The molecule has 0 saturated carbocycles. The van der Waals surface area contributed by atoms with Crippen LogP contribution >= 0.6 is 0 Å². The molecule has 0 saturated heterocycles. The molecule has 0 aliphatic carbocycles. The van der Waals surface area contributed by atoms with Gasteiger partial charge in [-0.25, -0.2) is 0 Å². The second kappa shape index (κ2) is 5.79. The van der Waals surface area contributed by atoms with Crippen molar-refractivity contribution in [2.45, 2.75) is 38.8 Å². The Bertz CT molecular complexity index is 410. The van der Waals surface area contributed by atoms with Gasteiger partial charge in [0.2, 0.25) is 0 Å². The molecular weight excluding hydrogens is 261 g/mol. The number of aliphatic hydroxyl groups is 1. The van der Waals surface area contributed by atoms with Crippen LogP contribution in [0.1, 0.15) is 32.4 Å². The monoisotopic (exact) mass is 278 g/mol. The fourth-order valence-corrected chi connectivity index (χ4v) is 1.34. The first-order valence-corrected chi connectivity index (χ1v) is 5.74. The minimum atomic E-state index is -4.74. The molecule has 1 unspecified atom stereocenters. The number of benzene rings is 1. The Balaban J connectivity index is 2.70. The van der Waals surface area contributed by atoms with E-state index in [0.29, 0.717) is 5.56 Å². The maximum atomic E-state index is 12.1. The molecule has 0 bridgehead atoms. The van der Waals surface area contributed by atoms with Crippen molar-refractivity contribution in [2.24, 2.45) is 0 Å². The van der Waals surface area contributed by atoms with Crippen LogP contribution in [0.4, 0.5) is 13.2 Å². The molecule has 6 heteroatoms. The number of hydrogen-bond acceptors (Lipinski definition) is 3.